The molecule has 3 heterocycles. The zero-order chi connectivity index (χ0) is 17.2. The number of likely N-dealkylation sites (tertiary alicyclic amines) is 2. The summed E-state index contributed by atoms with van der Waals surface area (Å²) in [5, 5.41) is 9.90. The molecule has 2 saturated heterocycles. The van der Waals surface area contributed by atoms with Gasteiger partial charge in [-0.1, -0.05) is 0 Å². The van der Waals surface area contributed by atoms with E-state index < -0.39 is 5.54 Å². The van der Waals surface area contributed by atoms with E-state index in [4.69, 9.17) is 4.74 Å². The van der Waals surface area contributed by atoms with Crippen molar-refractivity contribution < 1.29 is 14.6 Å². The van der Waals surface area contributed by atoms with Gasteiger partial charge >= 0.3 is 0 Å². The number of piperidine rings is 1. The number of methoxy groups -OCH3 is 1. The number of nitrogens with zero attached hydrogens (tertiary/aromatic N) is 3. The molecule has 0 aromatic carbocycles. The van der Waals surface area contributed by atoms with E-state index in [1.807, 2.05) is 23.5 Å². The normalized spacial score (nSPS) is 27.0. The van der Waals surface area contributed by atoms with Crippen molar-refractivity contribution >= 4 is 17.2 Å². The van der Waals surface area contributed by atoms with Crippen LogP contribution in [0.1, 0.15) is 31.1 Å². The molecule has 1 aromatic heterocycles. The first-order valence-corrected chi connectivity index (χ1v) is 9.38. The molecular formula is C17H27N3O3S. The first kappa shape index (κ1) is 17.8. The fraction of sp³-hybridized carbons (Fsp3) is 0.765. The number of hydrogen-bond acceptors (Lipinski definition) is 6. The van der Waals surface area contributed by atoms with Crippen molar-refractivity contribution in [2.24, 2.45) is 5.41 Å². The number of thiazole rings is 1. The summed E-state index contributed by atoms with van der Waals surface area (Å²) < 4.78 is 5.02. The molecule has 3 rings (SSSR count). The summed E-state index contributed by atoms with van der Waals surface area (Å²) in [5.41, 5.74) is 1.55. The molecule has 0 saturated carbocycles. The summed E-state index contributed by atoms with van der Waals surface area (Å²) in [7, 11) is 1.54. The van der Waals surface area contributed by atoms with Gasteiger partial charge in [-0.25, -0.2) is 0 Å². The van der Waals surface area contributed by atoms with E-state index in [1.54, 1.807) is 11.3 Å². The lowest BCUT2D eigenvalue weighted by molar-refractivity contribution is -0.140. The number of aromatic nitrogens is 1. The molecule has 24 heavy (non-hydrogen) atoms. The molecule has 1 spiro atoms. The Labute approximate surface area is 147 Å². The van der Waals surface area contributed by atoms with Crippen molar-refractivity contribution in [1.29, 1.82) is 0 Å². The number of hydrogen-bond donors (Lipinski definition) is 1. The summed E-state index contributed by atoms with van der Waals surface area (Å²) in [5.74, 6) is -0.0157. The lowest BCUT2D eigenvalue weighted by Crippen LogP contribution is -2.49. The van der Waals surface area contributed by atoms with Gasteiger partial charge in [0.1, 0.15) is 6.61 Å². The quantitative estimate of drug-likeness (QED) is 0.866. The van der Waals surface area contributed by atoms with Gasteiger partial charge < -0.3 is 14.7 Å². The monoisotopic (exact) mass is 353 g/mol. The van der Waals surface area contributed by atoms with E-state index in [1.165, 1.54) is 12.0 Å². The smallest absolute Gasteiger partial charge is 0.249 e. The molecule has 1 amide bonds. The van der Waals surface area contributed by atoms with Crippen LogP contribution in [0.2, 0.25) is 0 Å². The van der Waals surface area contributed by atoms with Gasteiger partial charge in [-0.15, -0.1) is 11.3 Å². The molecule has 0 aliphatic carbocycles. The van der Waals surface area contributed by atoms with Crippen LogP contribution in [0, 0.1) is 5.41 Å². The number of aliphatic hydroxyl groups excluding tert-OH is 1. The van der Waals surface area contributed by atoms with Gasteiger partial charge in [0, 0.05) is 31.3 Å². The Kier molecular flexibility index (Phi) is 5.24. The Balaban J connectivity index is 1.64. The van der Waals surface area contributed by atoms with Gasteiger partial charge in [-0.3, -0.25) is 14.7 Å². The first-order chi connectivity index (χ1) is 11.5. The third-order valence-electron chi connectivity index (χ3n) is 5.59. The van der Waals surface area contributed by atoms with Crippen molar-refractivity contribution in [2.45, 2.75) is 38.3 Å². The minimum Gasteiger partial charge on any atom is -0.394 e. The van der Waals surface area contributed by atoms with Crippen LogP contribution in [-0.4, -0.2) is 71.3 Å². The molecular weight excluding hydrogens is 326 g/mol. The van der Waals surface area contributed by atoms with E-state index in [0.29, 0.717) is 0 Å². The van der Waals surface area contributed by atoms with Crippen molar-refractivity contribution in [3.8, 4) is 0 Å². The predicted octanol–water partition coefficient (Wildman–Crippen LogP) is 1.35. The number of aliphatic hydroxyl groups is 1. The standard InChI is InChI=1S/C17H27N3O3S/c1-16(12-21)10-17(11-20(16)15(22)9-23-2)3-5-19(6-4-17)8-14-7-18-13-24-14/h7,13,21H,3-6,8-12H2,1-2H3. The molecule has 2 fully saturated rings. The van der Waals surface area contributed by atoms with Gasteiger partial charge in [0.05, 0.1) is 17.7 Å². The molecule has 6 nitrogen and oxygen atoms in total. The van der Waals surface area contributed by atoms with Crippen LogP contribution < -0.4 is 0 Å². The Bertz CT molecular complexity index is 557. The number of carbonyl (C=O) groups excluding carboxylic acids is 1. The SMILES string of the molecule is COCC(=O)N1CC2(CCN(Cc3cncs3)CC2)CC1(C)CO. The highest BCUT2D eigenvalue weighted by Gasteiger charge is 2.52. The van der Waals surface area contributed by atoms with Gasteiger partial charge in [0.15, 0.2) is 0 Å². The minimum absolute atomic E-state index is 0.00871. The summed E-state index contributed by atoms with van der Waals surface area (Å²) in [6.07, 6.45) is 4.95. The van der Waals surface area contributed by atoms with Crippen LogP contribution in [0.25, 0.3) is 0 Å². The Hall–Kier alpha value is -1.02. The summed E-state index contributed by atoms with van der Waals surface area (Å²) in [6.45, 7) is 5.86. The largest absolute Gasteiger partial charge is 0.394 e. The van der Waals surface area contributed by atoms with Crippen LogP contribution in [0.5, 0.6) is 0 Å². The topological polar surface area (TPSA) is 65.9 Å². The number of carbonyl (C=O) groups is 1. The van der Waals surface area contributed by atoms with Gasteiger partial charge in [-0.05, 0) is 44.7 Å². The fourth-order valence-corrected chi connectivity index (χ4v) is 4.91. The number of ether oxygens (including phenoxy) is 1. The highest BCUT2D eigenvalue weighted by atomic mass is 32.1. The van der Waals surface area contributed by atoms with Crippen molar-refractivity contribution in [1.82, 2.24) is 14.8 Å². The van der Waals surface area contributed by atoms with Crippen LogP contribution in [0.3, 0.4) is 0 Å². The number of amides is 1. The predicted molar refractivity (Wildman–Crippen MR) is 92.8 cm³/mol. The molecule has 0 bridgehead atoms. The summed E-state index contributed by atoms with van der Waals surface area (Å²) >= 11 is 1.70. The molecule has 7 heteroatoms. The van der Waals surface area contributed by atoms with Gasteiger partial charge in [0.25, 0.3) is 0 Å². The van der Waals surface area contributed by atoms with E-state index in [9.17, 15) is 9.90 Å². The molecule has 1 aromatic rings. The van der Waals surface area contributed by atoms with Crippen molar-refractivity contribution in [3.63, 3.8) is 0 Å². The second-order valence-electron chi connectivity index (χ2n) is 7.49. The highest BCUT2D eigenvalue weighted by molar-refractivity contribution is 7.09. The Morgan fingerprint density at radius 2 is 2.21 bits per heavy atom. The zero-order valence-corrected chi connectivity index (χ0v) is 15.3. The second-order valence-corrected chi connectivity index (χ2v) is 8.46. The van der Waals surface area contributed by atoms with Crippen molar-refractivity contribution in [3.05, 3.63) is 16.6 Å². The van der Waals surface area contributed by atoms with E-state index in [2.05, 4.69) is 9.88 Å². The van der Waals surface area contributed by atoms with Crippen LogP contribution in [-0.2, 0) is 16.1 Å². The Morgan fingerprint density at radius 3 is 2.79 bits per heavy atom. The zero-order valence-electron chi connectivity index (χ0n) is 14.5. The summed E-state index contributed by atoms with van der Waals surface area (Å²) in [6, 6.07) is 0. The molecule has 1 N–H and O–H groups in total. The molecule has 0 radical (unpaired) electrons. The molecule has 2 aliphatic rings. The van der Waals surface area contributed by atoms with E-state index in [-0.39, 0.29) is 24.5 Å². The first-order valence-electron chi connectivity index (χ1n) is 8.50. The molecule has 1 unspecified atom stereocenters. The number of rotatable bonds is 5. The average molecular weight is 353 g/mol. The maximum Gasteiger partial charge on any atom is 0.249 e. The maximum absolute atomic E-state index is 12.4. The summed E-state index contributed by atoms with van der Waals surface area (Å²) in [4.78, 5) is 22.2. The van der Waals surface area contributed by atoms with E-state index >= 15 is 0 Å². The third-order valence-corrected chi connectivity index (χ3v) is 6.35. The second kappa shape index (κ2) is 7.07. The lowest BCUT2D eigenvalue weighted by Gasteiger charge is -2.39. The Morgan fingerprint density at radius 1 is 1.46 bits per heavy atom. The molecule has 1 atom stereocenters. The third kappa shape index (κ3) is 3.49. The molecule has 134 valence electrons. The minimum atomic E-state index is -0.463. The van der Waals surface area contributed by atoms with Gasteiger partial charge in [0.2, 0.25) is 5.91 Å². The average Bonchev–Trinajstić information content (AvgIpc) is 3.17. The van der Waals surface area contributed by atoms with Gasteiger partial charge in [-0.2, -0.15) is 0 Å². The highest BCUT2D eigenvalue weighted by Crippen LogP contribution is 2.48. The van der Waals surface area contributed by atoms with Crippen molar-refractivity contribution in [2.75, 3.05) is 40.0 Å². The van der Waals surface area contributed by atoms with E-state index in [0.717, 1.165) is 45.4 Å². The molecule has 2 aliphatic heterocycles. The fourth-order valence-electron chi connectivity index (χ4n) is 4.28. The lowest BCUT2D eigenvalue weighted by atomic mass is 9.74. The van der Waals surface area contributed by atoms with Crippen LogP contribution >= 0.6 is 11.3 Å². The van der Waals surface area contributed by atoms with Crippen LogP contribution in [0.4, 0.5) is 0 Å². The maximum atomic E-state index is 12.4. The van der Waals surface area contributed by atoms with Crippen LogP contribution in [0.15, 0.2) is 11.7 Å².